The van der Waals surface area contributed by atoms with Crippen LogP contribution >= 0.6 is 8.60 Å². The summed E-state index contributed by atoms with van der Waals surface area (Å²) in [6.45, 7) is 8.86. The van der Waals surface area contributed by atoms with E-state index >= 15 is 0 Å². The molecule has 2 aromatic carbocycles. The molecule has 0 bridgehead atoms. The van der Waals surface area contributed by atoms with Gasteiger partial charge in [0.05, 0.1) is 0 Å². The summed E-state index contributed by atoms with van der Waals surface area (Å²) in [6, 6.07) is 12.4. The molecule has 0 saturated heterocycles. The Morgan fingerprint density at radius 1 is 0.594 bits per heavy atom. The molecule has 0 saturated carbocycles. The first-order valence-corrected chi connectivity index (χ1v) is 13.8. The lowest BCUT2D eigenvalue weighted by Crippen LogP contribution is -2.04. The molecule has 0 aromatic heterocycles. The van der Waals surface area contributed by atoms with E-state index in [1.54, 1.807) is 0 Å². The van der Waals surface area contributed by atoms with Gasteiger partial charge in [-0.15, -0.1) is 0 Å². The first-order chi connectivity index (χ1) is 15.6. The fourth-order valence-electron chi connectivity index (χ4n) is 4.06. The average molecular weight is 459 g/mol. The van der Waals surface area contributed by atoms with Gasteiger partial charge in [0.2, 0.25) is 0 Å². The van der Waals surface area contributed by atoms with E-state index in [-0.39, 0.29) is 0 Å². The SMILES string of the molecule is CCCCc1cccc(OP(O)Oc2cccc(CCCC)c2CCCC)c1CCCC. The molecule has 0 amide bonds. The van der Waals surface area contributed by atoms with Crippen LogP contribution in [0, 0.1) is 0 Å². The number of hydrogen-bond acceptors (Lipinski definition) is 3. The predicted octanol–water partition coefficient (Wildman–Crippen LogP) is 8.73. The molecule has 0 aliphatic rings. The molecule has 178 valence electrons. The van der Waals surface area contributed by atoms with E-state index in [2.05, 4.69) is 39.8 Å². The molecule has 4 heteroatoms. The summed E-state index contributed by atoms with van der Waals surface area (Å²) < 4.78 is 12.1. The highest BCUT2D eigenvalue weighted by Crippen LogP contribution is 2.41. The highest BCUT2D eigenvalue weighted by atomic mass is 31.2. The Labute approximate surface area is 197 Å². The van der Waals surface area contributed by atoms with E-state index in [0.29, 0.717) is 0 Å². The maximum Gasteiger partial charge on any atom is 0.460 e. The lowest BCUT2D eigenvalue weighted by atomic mass is 9.97. The molecule has 1 N–H and O–H groups in total. The van der Waals surface area contributed by atoms with Crippen molar-refractivity contribution in [1.29, 1.82) is 0 Å². The van der Waals surface area contributed by atoms with Crippen LogP contribution in [0.4, 0.5) is 0 Å². The molecule has 0 unspecified atom stereocenters. The Morgan fingerprint density at radius 2 is 0.969 bits per heavy atom. The number of unbranched alkanes of at least 4 members (excludes halogenated alkanes) is 4. The van der Waals surface area contributed by atoms with Crippen LogP contribution in [0.1, 0.15) is 101 Å². The Morgan fingerprint density at radius 3 is 1.34 bits per heavy atom. The minimum atomic E-state index is -2.05. The van der Waals surface area contributed by atoms with Crippen LogP contribution in [-0.4, -0.2) is 4.89 Å². The van der Waals surface area contributed by atoms with Crippen molar-refractivity contribution in [3.8, 4) is 11.5 Å². The van der Waals surface area contributed by atoms with Gasteiger partial charge < -0.3 is 13.9 Å². The predicted molar refractivity (Wildman–Crippen MR) is 138 cm³/mol. The molecular weight excluding hydrogens is 415 g/mol. The summed E-state index contributed by atoms with van der Waals surface area (Å²) in [5, 5.41) is 0. The molecule has 0 aliphatic carbocycles. The fourth-order valence-corrected chi connectivity index (χ4v) is 4.77. The molecule has 0 heterocycles. The van der Waals surface area contributed by atoms with Gasteiger partial charge in [-0.2, -0.15) is 0 Å². The van der Waals surface area contributed by atoms with Crippen LogP contribution in [0.15, 0.2) is 36.4 Å². The van der Waals surface area contributed by atoms with Crippen molar-refractivity contribution in [2.24, 2.45) is 0 Å². The van der Waals surface area contributed by atoms with Gasteiger partial charge in [0.25, 0.3) is 0 Å². The number of aryl methyl sites for hydroxylation is 2. The van der Waals surface area contributed by atoms with E-state index in [1.165, 1.54) is 35.1 Å². The summed E-state index contributed by atoms with van der Waals surface area (Å²) in [5.74, 6) is 1.55. The van der Waals surface area contributed by atoms with Crippen molar-refractivity contribution >= 4 is 8.60 Å². The summed E-state index contributed by atoms with van der Waals surface area (Å²) in [5.41, 5.74) is 5.14. The van der Waals surface area contributed by atoms with Gasteiger partial charge in [0.15, 0.2) is 0 Å². The maximum absolute atomic E-state index is 10.8. The second-order valence-corrected chi connectivity index (χ2v) is 9.46. The Kier molecular flexibility index (Phi) is 12.8. The van der Waals surface area contributed by atoms with E-state index < -0.39 is 8.60 Å². The molecule has 0 radical (unpaired) electrons. The van der Waals surface area contributed by atoms with Gasteiger partial charge in [-0.3, -0.25) is 0 Å². The van der Waals surface area contributed by atoms with E-state index in [4.69, 9.17) is 9.05 Å². The van der Waals surface area contributed by atoms with Crippen molar-refractivity contribution in [2.75, 3.05) is 0 Å². The van der Waals surface area contributed by atoms with Gasteiger partial charge in [0.1, 0.15) is 11.5 Å². The Bertz CT molecular complexity index is 725. The van der Waals surface area contributed by atoms with Gasteiger partial charge >= 0.3 is 8.60 Å². The largest absolute Gasteiger partial charge is 0.460 e. The van der Waals surface area contributed by atoms with Crippen LogP contribution in [0.2, 0.25) is 0 Å². The molecule has 0 fully saturated rings. The van der Waals surface area contributed by atoms with Gasteiger partial charge in [-0.1, -0.05) is 77.6 Å². The third-order valence-electron chi connectivity index (χ3n) is 5.97. The first kappa shape index (κ1) is 26.7. The number of hydrogen-bond donors (Lipinski definition) is 1. The molecule has 2 rings (SSSR count). The first-order valence-electron chi connectivity index (χ1n) is 12.7. The van der Waals surface area contributed by atoms with Crippen molar-refractivity contribution < 1.29 is 13.9 Å². The molecule has 2 aromatic rings. The van der Waals surface area contributed by atoms with E-state index in [0.717, 1.165) is 75.7 Å². The smallest absolute Gasteiger partial charge is 0.418 e. The van der Waals surface area contributed by atoms with Gasteiger partial charge in [-0.25, -0.2) is 0 Å². The molecule has 0 atom stereocenters. The average Bonchev–Trinajstić information content (AvgIpc) is 2.80. The van der Waals surface area contributed by atoms with Crippen molar-refractivity contribution in [1.82, 2.24) is 0 Å². The third-order valence-corrected chi connectivity index (χ3v) is 6.68. The summed E-state index contributed by atoms with van der Waals surface area (Å²) in [4.78, 5) is 10.8. The standard InChI is InChI=1S/C28H43O3P/c1-5-9-15-23-17-13-21-27(25(23)19-11-7-3)30-32(29)31-28-22-14-18-24(16-10-6-2)26(28)20-12-8-4/h13-14,17-18,21-22,29H,5-12,15-16,19-20H2,1-4H3. The van der Waals surface area contributed by atoms with E-state index in [1.807, 2.05) is 24.3 Å². The monoisotopic (exact) mass is 458 g/mol. The van der Waals surface area contributed by atoms with Crippen LogP contribution in [-0.2, 0) is 25.7 Å². The third kappa shape index (κ3) is 8.41. The minimum Gasteiger partial charge on any atom is -0.418 e. The lowest BCUT2D eigenvalue weighted by molar-refractivity contribution is 0.377. The van der Waals surface area contributed by atoms with Crippen molar-refractivity contribution in [3.05, 3.63) is 58.7 Å². The molecular formula is C28H43O3P. The normalized spacial score (nSPS) is 11.2. The van der Waals surface area contributed by atoms with Crippen LogP contribution in [0.25, 0.3) is 0 Å². The van der Waals surface area contributed by atoms with Crippen molar-refractivity contribution in [3.63, 3.8) is 0 Å². The zero-order valence-corrected chi connectivity index (χ0v) is 21.6. The second kappa shape index (κ2) is 15.3. The fraction of sp³-hybridized carbons (Fsp3) is 0.571. The maximum atomic E-state index is 10.8. The molecule has 3 nitrogen and oxygen atoms in total. The zero-order chi connectivity index (χ0) is 23.2. The second-order valence-electron chi connectivity index (χ2n) is 8.62. The van der Waals surface area contributed by atoms with Crippen molar-refractivity contribution in [2.45, 2.75) is 105 Å². The van der Waals surface area contributed by atoms with E-state index in [9.17, 15) is 4.89 Å². The molecule has 32 heavy (non-hydrogen) atoms. The Balaban J connectivity index is 2.21. The van der Waals surface area contributed by atoms with Gasteiger partial charge in [0, 0.05) is 0 Å². The van der Waals surface area contributed by atoms with Crippen LogP contribution in [0.3, 0.4) is 0 Å². The lowest BCUT2D eigenvalue weighted by Gasteiger charge is -2.20. The van der Waals surface area contributed by atoms with Crippen LogP contribution < -0.4 is 9.05 Å². The zero-order valence-electron chi connectivity index (χ0n) is 20.7. The Hall–Kier alpha value is -1.57. The topological polar surface area (TPSA) is 38.7 Å². The van der Waals surface area contributed by atoms with Gasteiger partial charge in [-0.05, 0) is 85.8 Å². The highest BCUT2D eigenvalue weighted by molar-refractivity contribution is 7.41. The quantitative estimate of drug-likeness (QED) is 0.256. The van der Waals surface area contributed by atoms with Crippen LogP contribution in [0.5, 0.6) is 11.5 Å². The summed E-state index contributed by atoms with van der Waals surface area (Å²) in [6.07, 6.45) is 13.2. The summed E-state index contributed by atoms with van der Waals surface area (Å²) in [7, 11) is -2.05. The minimum absolute atomic E-state index is 0.776. The number of benzene rings is 2. The number of rotatable bonds is 16. The molecule has 0 aliphatic heterocycles. The summed E-state index contributed by atoms with van der Waals surface area (Å²) >= 11 is 0. The molecule has 0 spiro atoms. The highest BCUT2D eigenvalue weighted by Gasteiger charge is 2.19.